The molecule has 2 aromatic carbocycles. The molecule has 0 saturated carbocycles. The van der Waals surface area contributed by atoms with Crippen molar-refractivity contribution in [2.45, 2.75) is 11.8 Å². The first-order valence-corrected chi connectivity index (χ1v) is 6.97. The summed E-state index contributed by atoms with van der Waals surface area (Å²) >= 11 is 0. The van der Waals surface area contributed by atoms with Crippen molar-refractivity contribution in [3.8, 4) is 0 Å². The van der Waals surface area contributed by atoms with E-state index in [2.05, 4.69) is 91.5 Å². The van der Waals surface area contributed by atoms with Crippen molar-refractivity contribution in [3.63, 3.8) is 0 Å². The van der Waals surface area contributed by atoms with Crippen molar-refractivity contribution in [3.05, 3.63) is 108 Å². The van der Waals surface area contributed by atoms with Gasteiger partial charge in [0.25, 0.3) is 0 Å². The van der Waals surface area contributed by atoms with E-state index in [4.69, 9.17) is 0 Å². The molecule has 2 aromatic rings. The lowest BCUT2D eigenvalue weighted by Crippen LogP contribution is -2.24. The van der Waals surface area contributed by atoms with Crippen LogP contribution in [0.3, 0.4) is 0 Å². The van der Waals surface area contributed by atoms with Crippen molar-refractivity contribution in [2.24, 2.45) is 0 Å². The van der Waals surface area contributed by atoms with Gasteiger partial charge in [-0.05, 0) is 23.1 Å². The van der Waals surface area contributed by atoms with Gasteiger partial charge in [-0.3, -0.25) is 0 Å². The van der Waals surface area contributed by atoms with Gasteiger partial charge in [0.15, 0.2) is 0 Å². The Bertz CT molecular complexity index is 605. The molecule has 0 nitrogen and oxygen atoms in total. The van der Waals surface area contributed by atoms with Crippen LogP contribution in [0.25, 0.3) is 0 Å². The minimum Gasteiger partial charge on any atom is -0.0918 e. The van der Waals surface area contributed by atoms with Crippen LogP contribution in [0, 0.1) is 0 Å². The third-order valence-corrected chi connectivity index (χ3v) is 3.93. The van der Waals surface area contributed by atoms with E-state index in [1.165, 1.54) is 11.1 Å². The van der Waals surface area contributed by atoms with Crippen molar-refractivity contribution in [1.82, 2.24) is 0 Å². The van der Waals surface area contributed by atoms with E-state index >= 15 is 0 Å². The monoisotopic (exact) mass is 258 g/mol. The summed E-state index contributed by atoms with van der Waals surface area (Å²) in [6, 6.07) is 21.4. The van der Waals surface area contributed by atoms with Crippen LogP contribution in [-0.4, -0.2) is 0 Å². The van der Waals surface area contributed by atoms with Gasteiger partial charge in [0.2, 0.25) is 0 Å². The molecule has 0 spiro atoms. The molecule has 0 saturated heterocycles. The van der Waals surface area contributed by atoms with Gasteiger partial charge in [-0.25, -0.2) is 0 Å². The van der Waals surface area contributed by atoms with Crippen molar-refractivity contribution in [1.29, 1.82) is 0 Å². The maximum atomic E-state index is 4.05. The standard InChI is InChI=1S/C20H18/c1-17-9-8-15-20(16-14-17,18-10-4-2-5-11-18)19-12-6-3-7-13-19/h2-14,16H,1,15H2. The molecular weight excluding hydrogens is 240 g/mol. The van der Waals surface area contributed by atoms with Crippen LogP contribution < -0.4 is 0 Å². The summed E-state index contributed by atoms with van der Waals surface area (Å²) in [6.45, 7) is 4.05. The summed E-state index contributed by atoms with van der Waals surface area (Å²) in [5.41, 5.74) is 3.60. The van der Waals surface area contributed by atoms with Crippen LogP contribution >= 0.6 is 0 Å². The Balaban J connectivity index is 2.21. The average molecular weight is 258 g/mol. The predicted octanol–water partition coefficient (Wildman–Crippen LogP) is 5.05. The summed E-state index contributed by atoms with van der Waals surface area (Å²) in [6.07, 6.45) is 9.70. The summed E-state index contributed by atoms with van der Waals surface area (Å²) in [7, 11) is 0. The van der Waals surface area contributed by atoms with E-state index in [-0.39, 0.29) is 5.41 Å². The third kappa shape index (κ3) is 2.25. The molecule has 0 N–H and O–H groups in total. The molecule has 98 valence electrons. The zero-order chi connectivity index (χ0) is 13.8. The van der Waals surface area contributed by atoms with Crippen LogP contribution in [0.5, 0.6) is 0 Å². The minimum atomic E-state index is -0.0988. The lowest BCUT2D eigenvalue weighted by molar-refractivity contribution is 0.656. The molecule has 0 fully saturated rings. The third-order valence-electron chi connectivity index (χ3n) is 3.93. The number of benzene rings is 2. The quantitative estimate of drug-likeness (QED) is 0.707. The van der Waals surface area contributed by atoms with Crippen LogP contribution in [-0.2, 0) is 5.41 Å². The number of rotatable bonds is 2. The van der Waals surface area contributed by atoms with E-state index in [0.29, 0.717) is 0 Å². The van der Waals surface area contributed by atoms with Gasteiger partial charge in [-0.2, -0.15) is 0 Å². The molecule has 0 heterocycles. The Kier molecular flexibility index (Phi) is 3.39. The van der Waals surface area contributed by atoms with E-state index < -0.39 is 0 Å². The highest BCUT2D eigenvalue weighted by atomic mass is 14.3. The topological polar surface area (TPSA) is 0 Å². The van der Waals surface area contributed by atoms with Gasteiger partial charge in [0.1, 0.15) is 0 Å². The van der Waals surface area contributed by atoms with Gasteiger partial charge in [-0.1, -0.05) is 91.5 Å². The molecule has 0 aliphatic heterocycles. The molecule has 0 radical (unpaired) electrons. The van der Waals surface area contributed by atoms with E-state index in [9.17, 15) is 0 Å². The fraction of sp³-hybridized carbons (Fsp3) is 0.100. The Morgan fingerprint density at radius 2 is 1.30 bits per heavy atom. The second-order valence-electron chi connectivity index (χ2n) is 5.22. The second-order valence-corrected chi connectivity index (χ2v) is 5.22. The second kappa shape index (κ2) is 5.34. The molecule has 1 aliphatic rings. The molecule has 1 aliphatic carbocycles. The van der Waals surface area contributed by atoms with E-state index in [1.54, 1.807) is 0 Å². The maximum Gasteiger partial charge on any atom is 0.0419 e. The lowest BCUT2D eigenvalue weighted by Gasteiger charge is -2.31. The smallest absolute Gasteiger partial charge is 0.0419 e. The van der Waals surface area contributed by atoms with Gasteiger partial charge < -0.3 is 0 Å². The predicted molar refractivity (Wildman–Crippen MR) is 85.7 cm³/mol. The van der Waals surface area contributed by atoms with Gasteiger partial charge >= 0.3 is 0 Å². The molecule has 20 heavy (non-hydrogen) atoms. The molecule has 0 unspecified atom stereocenters. The van der Waals surface area contributed by atoms with Crippen LogP contribution in [0.4, 0.5) is 0 Å². The maximum absolute atomic E-state index is 4.05. The number of hydrogen-bond donors (Lipinski definition) is 0. The average Bonchev–Trinajstić information content (AvgIpc) is 2.72. The van der Waals surface area contributed by atoms with Crippen LogP contribution in [0.1, 0.15) is 17.5 Å². The number of hydrogen-bond acceptors (Lipinski definition) is 0. The normalized spacial score (nSPS) is 16.9. The molecule has 3 rings (SSSR count). The molecule has 0 bridgehead atoms. The van der Waals surface area contributed by atoms with E-state index in [1.807, 2.05) is 0 Å². The Hall–Kier alpha value is -2.34. The fourth-order valence-corrected chi connectivity index (χ4v) is 2.84. The highest BCUT2D eigenvalue weighted by Crippen LogP contribution is 2.39. The van der Waals surface area contributed by atoms with Gasteiger partial charge in [0.05, 0.1) is 0 Å². The first-order valence-electron chi connectivity index (χ1n) is 6.97. The van der Waals surface area contributed by atoms with E-state index in [0.717, 1.165) is 12.0 Å². The Morgan fingerprint density at radius 1 is 0.750 bits per heavy atom. The zero-order valence-electron chi connectivity index (χ0n) is 11.5. The minimum absolute atomic E-state index is 0.0988. The van der Waals surface area contributed by atoms with Gasteiger partial charge in [-0.15, -0.1) is 0 Å². The number of allylic oxidation sites excluding steroid dienone is 5. The highest BCUT2D eigenvalue weighted by Gasteiger charge is 2.30. The molecular formula is C20H18. The summed E-state index contributed by atoms with van der Waals surface area (Å²) in [4.78, 5) is 0. The summed E-state index contributed by atoms with van der Waals surface area (Å²) in [5.74, 6) is 0. The first kappa shape index (κ1) is 12.7. The molecule has 0 heteroatoms. The van der Waals surface area contributed by atoms with Crippen molar-refractivity contribution >= 4 is 0 Å². The molecule has 0 amide bonds. The van der Waals surface area contributed by atoms with Crippen LogP contribution in [0.15, 0.2) is 97.1 Å². The lowest BCUT2D eigenvalue weighted by atomic mass is 9.72. The van der Waals surface area contributed by atoms with Crippen molar-refractivity contribution < 1.29 is 0 Å². The summed E-state index contributed by atoms with van der Waals surface area (Å²) in [5, 5.41) is 0. The molecule has 0 aromatic heterocycles. The molecule has 0 atom stereocenters. The fourth-order valence-electron chi connectivity index (χ4n) is 2.84. The van der Waals surface area contributed by atoms with Crippen LogP contribution in [0.2, 0.25) is 0 Å². The Morgan fingerprint density at radius 3 is 1.85 bits per heavy atom. The highest BCUT2D eigenvalue weighted by molar-refractivity contribution is 5.48. The first-order chi connectivity index (χ1) is 9.81. The van der Waals surface area contributed by atoms with Gasteiger partial charge in [0, 0.05) is 5.41 Å². The largest absolute Gasteiger partial charge is 0.0918 e. The summed E-state index contributed by atoms with van der Waals surface area (Å²) < 4.78 is 0. The zero-order valence-corrected chi connectivity index (χ0v) is 11.5. The Labute approximate surface area is 120 Å². The van der Waals surface area contributed by atoms with Crippen molar-refractivity contribution in [2.75, 3.05) is 0 Å². The SMILES string of the molecule is C=C1C=CCC(c2ccccc2)(c2ccccc2)C=C1.